The molecule has 3 rings (SSSR count). The summed E-state index contributed by atoms with van der Waals surface area (Å²) in [6.07, 6.45) is 0. The predicted octanol–water partition coefficient (Wildman–Crippen LogP) is 4.26. The molecule has 1 N–H and O–H groups in total. The molecule has 0 aliphatic heterocycles. The largest absolute Gasteiger partial charge is 0.507 e. The molecule has 0 aliphatic rings. The lowest BCUT2D eigenvalue weighted by molar-refractivity contribution is 0.101. The smallest absolute Gasteiger partial charge is 0.339 e. The second-order valence-corrected chi connectivity index (χ2v) is 8.36. The molecule has 0 aromatic heterocycles. The van der Waals surface area contributed by atoms with Gasteiger partial charge in [0.15, 0.2) is 11.5 Å². The maximum Gasteiger partial charge on any atom is 0.339 e. The summed E-state index contributed by atoms with van der Waals surface area (Å²) in [7, 11) is -3.03. The second-order valence-electron chi connectivity index (χ2n) is 6.81. The van der Waals surface area contributed by atoms with Crippen LogP contribution in [0.3, 0.4) is 0 Å². The monoisotopic (exact) mass is 442 g/mol. The molecule has 0 saturated carbocycles. The molecule has 31 heavy (non-hydrogen) atoms. The number of carbonyl (C=O) groups is 1. The van der Waals surface area contributed by atoms with Crippen LogP contribution in [0.2, 0.25) is 0 Å². The average molecular weight is 442 g/mol. The van der Waals surface area contributed by atoms with Crippen molar-refractivity contribution >= 4 is 15.9 Å². The Balaban J connectivity index is 2.06. The Bertz CT molecular complexity index is 1180. The van der Waals surface area contributed by atoms with Crippen LogP contribution in [0.1, 0.15) is 28.4 Å². The van der Waals surface area contributed by atoms with Crippen LogP contribution in [0.4, 0.5) is 0 Å². The first-order valence-electron chi connectivity index (χ1n) is 9.35. The fraction of sp³-hybridized carbons (Fsp3) is 0.174. The first kappa shape index (κ1) is 22.2. The van der Waals surface area contributed by atoms with E-state index in [1.165, 1.54) is 32.2 Å². The molecule has 0 fully saturated rings. The number of ether oxygens (including phenoxy) is 2. The Morgan fingerprint density at radius 2 is 1.65 bits per heavy atom. The van der Waals surface area contributed by atoms with Crippen LogP contribution >= 0.6 is 0 Å². The molecule has 0 amide bonds. The zero-order chi connectivity index (χ0) is 22.6. The van der Waals surface area contributed by atoms with Crippen molar-refractivity contribution in [2.45, 2.75) is 25.3 Å². The van der Waals surface area contributed by atoms with Crippen LogP contribution in [-0.4, -0.2) is 26.4 Å². The van der Waals surface area contributed by atoms with Crippen LogP contribution in [0.25, 0.3) is 0 Å². The molecule has 162 valence electrons. The number of phenolic OH excluding ortho intramolecular Hbond substituents is 1. The van der Waals surface area contributed by atoms with E-state index in [1.54, 1.807) is 12.1 Å². The third-order valence-corrected chi connectivity index (χ3v) is 5.71. The average Bonchev–Trinajstić information content (AvgIpc) is 2.72. The molecule has 0 radical (unpaired) electrons. The van der Waals surface area contributed by atoms with E-state index in [2.05, 4.69) is 0 Å². The van der Waals surface area contributed by atoms with Gasteiger partial charge in [-0.15, -0.1) is 0 Å². The molecule has 0 atom stereocenters. The number of ketones is 1. The summed E-state index contributed by atoms with van der Waals surface area (Å²) in [6, 6.07) is 16.4. The molecule has 0 saturated heterocycles. The summed E-state index contributed by atoms with van der Waals surface area (Å²) in [5, 5.41) is 10.4. The highest BCUT2D eigenvalue weighted by molar-refractivity contribution is 7.87. The topological polar surface area (TPSA) is 99.1 Å². The number of aromatic hydroxyl groups is 1. The van der Waals surface area contributed by atoms with Gasteiger partial charge in [0.05, 0.1) is 7.11 Å². The number of hydrogen-bond acceptors (Lipinski definition) is 7. The first-order valence-corrected chi connectivity index (χ1v) is 10.8. The summed E-state index contributed by atoms with van der Waals surface area (Å²) < 4.78 is 42.1. The number of benzene rings is 3. The van der Waals surface area contributed by atoms with Crippen LogP contribution in [0.5, 0.6) is 23.0 Å². The zero-order valence-electron chi connectivity index (χ0n) is 17.3. The lowest BCUT2D eigenvalue weighted by Crippen LogP contribution is -2.13. The normalized spacial score (nSPS) is 11.1. The van der Waals surface area contributed by atoms with E-state index in [-0.39, 0.29) is 28.6 Å². The number of carbonyl (C=O) groups excluding carboxylic acids is 1. The molecule has 8 heteroatoms. The van der Waals surface area contributed by atoms with Gasteiger partial charge in [-0.1, -0.05) is 48.0 Å². The van der Waals surface area contributed by atoms with Gasteiger partial charge in [0.1, 0.15) is 22.8 Å². The maximum atomic E-state index is 12.8. The molecule has 3 aromatic rings. The Morgan fingerprint density at radius 1 is 1.00 bits per heavy atom. The number of phenols is 1. The lowest BCUT2D eigenvalue weighted by Gasteiger charge is -2.18. The van der Waals surface area contributed by atoms with E-state index in [4.69, 9.17) is 13.7 Å². The number of rotatable bonds is 8. The molecule has 0 unspecified atom stereocenters. The lowest BCUT2D eigenvalue weighted by atomic mass is 10.1. The molecule has 0 aliphatic carbocycles. The quantitative estimate of drug-likeness (QED) is 0.411. The molecule has 7 nitrogen and oxygen atoms in total. The maximum absolute atomic E-state index is 12.8. The standard InChI is InChI=1S/C23H22O7S/c1-15-9-11-18(12-10-15)31(26,27)30-23-21(16(2)24)19(25)13-20(22(23)28-3)29-14-17-7-5-4-6-8-17/h4-13,25H,14H2,1-3H3. The van der Waals surface area contributed by atoms with Gasteiger partial charge in [-0.2, -0.15) is 8.42 Å². The van der Waals surface area contributed by atoms with Crippen molar-refractivity contribution in [1.29, 1.82) is 0 Å². The van der Waals surface area contributed by atoms with Crippen molar-refractivity contribution in [2.24, 2.45) is 0 Å². The second kappa shape index (κ2) is 9.09. The van der Waals surface area contributed by atoms with Gasteiger partial charge in [-0.25, -0.2) is 0 Å². The van der Waals surface area contributed by atoms with E-state index in [0.717, 1.165) is 11.1 Å². The minimum Gasteiger partial charge on any atom is -0.507 e. The Kier molecular flexibility index (Phi) is 6.50. The Hall–Kier alpha value is -3.52. The number of hydrogen-bond donors (Lipinski definition) is 1. The van der Waals surface area contributed by atoms with Crippen molar-refractivity contribution in [3.63, 3.8) is 0 Å². The van der Waals surface area contributed by atoms with Crippen molar-refractivity contribution in [1.82, 2.24) is 0 Å². The highest BCUT2D eigenvalue weighted by Crippen LogP contribution is 2.46. The van der Waals surface area contributed by atoms with E-state index < -0.39 is 27.4 Å². The van der Waals surface area contributed by atoms with Crippen LogP contribution < -0.4 is 13.7 Å². The van der Waals surface area contributed by atoms with Crippen LogP contribution in [-0.2, 0) is 16.7 Å². The van der Waals surface area contributed by atoms with E-state index in [0.29, 0.717) is 0 Å². The minimum absolute atomic E-state index is 0.0305. The molecular formula is C23H22O7S. The van der Waals surface area contributed by atoms with Gasteiger partial charge in [0, 0.05) is 6.07 Å². The highest BCUT2D eigenvalue weighted by Gasteiger charge is 2.29. The molecule has 0 heterocycles. The summed E-state index contributed by atoms with van der Waals surface area (Å²) in [6.45, 7) is 3.13. The van der Waals surface area contributed by atoms with E-state index in [9.17, 15) is 18.3 Å². The van der Waals surface area contributed by atoms with Gasteiger partial charge in [0.2, 0.25) is 11.5 Å². The zero-order valence-corrected chi connectivity index (χ0v) is 18.1. The van der Waals surface area contributed by atoms with Gasteiger partial charge >= 0.3 is 10.1 Å². The van der Waals surface area contributed by atoms with Crippen LogP contribution in [0.15, 0.2) is 65.6 Å². The third-order valence-electron chi connectivity index (χ3n) is 4.48. The summed E-state index contributed by atoms with van der Waals surface area (Å²) in [5.74, 6) is -1.60. The first-order chi connectivity index (χ1) is 14.7. The van der Waals surface area contributed by atoms with Crippen molar-refractivity contribution in [3.05, 3.63) is 77.4 Å². The van der Waals surface area contributed by atoms with Crippen molar-refractivity contribution < 1.29 is 32.0 Å². The minimum atomic E-state index is -4.32. The summed E-state index contributed by atoms with van der Waals surface area (Å²) in [4.78, 5) is 12.1. The molecular weight excluding hydrogens is 420 g/mol. The van der Waals surface area contributed by atoms with E-state index in [1.807, 2.05) is 37.3 Å². The fourth-order valence-electron chi connectivity index (χ4n) is 2.92. The summed E-state index contributed by atoms with van der Waals surface area (Å²) in [5.41, 5.74) is 1.39. The van der Waals surface area contributed by atoms with Gasteiger partial charge < -0.3 is 18.8 Å². The number of Topliss-reactive ketones (excluding diaryl/α,β-unsaturated/α-hetero) is 1. The van der Waals surface area contributed by atoms with Gasteiger partial charge in [-0.05, 0) is 31.5 Å². The Labute approximate surface area is 181 Å². The number of methoxy groups -OCH3 is 1. The van der Waals surface area contributed by atoms with Gasteiger partial charge in [-0.3, -0.25) is 4.79 Å². The highest BCUT2D eigenvalue weighted by atomic mass is 32.2. The predicted molar refractivity (Wildman–Crippen MR) is 114 cm³/mol. The molecule has 0 spiro atoms. The number of aryl methyl sites for hydroxylation is 1. The fourth-order valence-corrected chi connectivity index (χ4v) is 3.87. The molecule has 0 bridgehead atoms. The molecule has 3 aromatic carbocycles. The van der Waals surface area contributed by atoms with Gasteiger partial charge in [0.25, 0.3) is 0 Å². The SMILES string of the molecule is COc1c(OCc2ccccc2)cc(O)c(C(C)=O)c1OS(=O)(=O)c1ccc(C)cc1. The van der Waals surface area contributed by atoms with E-state index >= 15 is 0 Å². The van der Waals surface area contributed by atoms with Crippen LogP contribution in [0, 0.1) is 6.92 Å². The Morgan fingerprint density at radius 3 is 2.23 bits per heavy atom. The third kappa shape index (κ3) is 4.97. The van der Waals surface area contributed by atoms with Crippen molar-refractivity contribution in [2.75, 3.05) is 7.11 Å². The van der Waals surface area contributed by atoms with Crippen molar-refractivity contribution in [3.8, 4) is 23.0 Å². The summed E-state index contributed by atoms with van der Waals surface area (Å²) >= 11 is 0.